The van der Waals surface area contributed by atoms with E-state index in [0.717, 1.165) is 25.7 Å². The minimum Gasteiger partial charge on any atom is -0.361 e. The third-order valence-electron chi connectivity index (χ3n) is 3.43. The molecule has 0 spiro atoms. The van der Waals surface area contributed by atoms with Crippen molar-refractivity contribution in [3.8, 4) is 0 Å². The number of aromatic nitrogens is 2. The van der Waals surface area contributed by atoms with Gasteiger partial charge in [0.15, 0.2) is 5.15 Å². The largest absolute Gasteiger partial charge is 0.361 e. The monoisotopic (exact) mass is 319 g/mol. The molecule has 0 aliphatic heterocycles. The highest BCUT2D eigenvalue weighted by molar-refractivity contribution is 6.40. The molecule has 20 heavy (non-hydrogen) atoms. The van der Waals surface area contributed by atoms with E-state index in [0.29, 0.717) is 6.61 Å². The summed E-state index contributed by atoms with van der Waals surface area (Å²) in [5.74, 6) is -0.0376. The van der Waals surface area contributed by atoms with Crippen LogP contribution in [0, 0.1) is 0 Å². The maximum absolute atomic E-state index is 12.3. The van der Waals surface area contributed by atoms with Crippen molar-refractivity contribution >= 4 is 29.1 Å². The second kappa shape index (κ2) is 7.29. The second-order valence-electron chi connectivity index (χ2n) is 4.88. The van der Waals surface area contributed by atoms with E-state index < -0.39 is 0 Å². The molecule has 1 saturated carbocycles. The summed E-state index contributed by atoms with van der Waals surface area (Å²) in [6.07, 6.45) is 5.57. The van der Waals surface area contributed by atoms with Crippen LogP contribution in [0.3, 0.4) is 0 Å². The molecule has 0 saturated heterocycles. The van der Waals surface area contributed by atoms with Crippen molar-refractivity contribution in [2.75, 3.05) is 6.61 Å². The van der Waals surface area contributed by atoms with Crippen molar-refractivity contribution in [3.05, 3.63) is 16.1 Å². The SMILES string of the molecule is CCOCn1c(C(=O)NC2CCCCC2)nc(Cl)c1Cl. The Morgan fingerprint density at radius 1 is 1.40 bits per heavy atom. The van der Waals surface area contributed by atoms with Gasteiger partial charge >= 0.3 is 0 Å². The van der Waals surface area contributed by atoms with Gasteiger partial charge in [0, 0.05) is 12.6 Å². The van der Waals surface area contributed by atoms with Crippen LogP contribution in [0.5, 0.6) is 0 Å². The third kappa shape index (κ3) is 3.65. The second-order valence-corrected chi connectivity index (χ2v) is 5.59. The van der Waals surface area contributed by atoms with Crippen LogP contribution >= 0.6 is 23.2 Å². The molecule has 1 heterocycles. The summed E-state index contributed by atoms with van der Waals surface area (Å²) in [5, 5.41) is 3.35. The Balaban J connectivity index is 2.09. The molecule has 1 N–H and O–H groups in total. The Morgan fingerprint density at radius 2 is 2.10 bits per heavy atom. The van der Waals surface area contributed by atoms with Crippen LogP contribution in [0.4, 0.5) is 0 Å². The van der Waals surface area contributed by atoms with Gasteiger partial charge in [-0.05, 0) is 19.8 Å². The molecule has 5 nitrogen and oxygen atoms in total. The number of halogens is 2. The van der Waals surface area contributed by atoms with Crippen molar-refractivity contribution in [1.29, 1.82) is 0 Å². The smallest absolute Gasteiger partial charge is 0.287 e. The zero-order valence-corrected chi connectivity index (χ0v) is 13.0. The maximum atomic E-state index is 12.3. The molecule has 1 aliphatic carbocycles. The van der Waals surface area contributed by atoms with Gasteiger partial charge in [0.2, 0.25) is 5.82 Å². The van der Waals surface area contributed by atoms with E-state index in [1.165, 1.54) is 11.0 Å². The fourth-order valence-electron chi connectivity index (χ4n) is 2.37. The molecule has 0 unspecified atom stereocenters. The molecule has 7 heteroatoms. The van der Waals surface area contributed by atoms with Crippen LogP contribution in [0.1, 0.15) is 49.6 Å². The van der Waals surface area contributed by atoms with Crippen molar-refractivity contribution in [2.45, 2.75) is 51.8 Å². The van der Waals surface area contributed by atoms with Gasteiger partial charge in [-0.3, -0.25) is 9.36 Å². The highest BCUT2D eigenvalue weighted by Crippen LogP contribution is 2.24. The lowest BCUT2D eigenvalue weighted by Gasteiger charge is -2.22. The number of rotatable bonds is 5. The van der Waals surface area contributed by atoms with Gasteiger partial charge < -0.3 is 10.1 Å². The topological polar surface area (TPSA) is 56.1 Å². The van der Waals surface area contributed by atoms with Crippen molar-refractivity contribution in [1.82, 2.24) is 14.9 Å². The number of hydrogen-bond acceptors (Lipinski definition) is 3. The van der Waals surface area contributed by atoms with Crippen LogP contribution in [0.2, 0.25) is 10.3 Å². The summed E-state index contributed by atoms with van der Waals surface area (Å²) < 4.78 is 6.79. The summed E-state index contributed by atoms with van der Waals surface area (Å²) in [7, 11) is 0. The first-order valence-corrected chi connectivity index (χ1v) is 7.69. The number of nitrogens with one attached hydrogen (secondary N) is 1. The first kappa shape index (κ1) is 15.6. The van der Waals surface area contributed by atoms with Crippen LogP contribution < -0.4 is 5.32 Å². The number of imidazole rings is 1. The average Bonchev–Trinajstić information content (AvgIpc) is 2.74. The molecule has 0 bridgehead atoms. The molecule has 1 aliphatic rings. The lowest BCUT2D eigenvalue weighted by atomic mass is 9.95. The van der Waals surface area contributed by atoms with Gasteiger partial charge in [-0.1, -0.05) is 42.5 Å². The number of hydrogen-bond donors (Lipinski definition) is 1. The number of carbonyl (C=O) groups is 1. The predicted octanol–water partition coefficient (Wildman–Crippen LogP) is 3.25. The summed E-state index contributed by atoms with van der Waals surface area (Å²) >= 11 is 11.9. The highest BCUT2D eigenvalue weighted by atomic mass is 35.5. The fraction of sp³-hybridized carbons (Fsp3) is 0.692. The maximum Gasteiger partial charge on any atom is 0.287 e. The molecule has 0 atom stereocenters. The Morgan fingerprint density at radius 3 is 2.75 bits per heavy atom. The van der Waals surface area contributed by atoms with E-state index in [2.05, 4.69) is 10.3 Å². The van der Waals surface area contributed by atoms with Crippen LogP contribution in [0.15, 0.2) is 0 Å². The van der Waals surface area contributed by atoms with E-state index >= 15 is 0 Å². The van der Waals surface area contributed by atoms with Crippen molar-refractivity contribution in [2.24, 2.45) is 0 Å². The molecule has 0 aromatic carbocycles. The third-order valence-corrected chi connectivity index (χ3v) is 4.18. The minimum atomic E-state index is -0.245. The van der Waals surface area contributed by atoms with E-state index in [1.807, 2.05) is 6.92 Å². The molecule has 2 rings (SSSR count). The van der Waals surface area contributed by atoms with Crippen LogP contribution in [-0.4, -0.2) is 28.1 Å². The van der Waals surface area contributed by atoms with Gasteiger partial charge in [-0.15, -0.1) is 0 Å². The highest BCUT2D eigenvalue weighted by Gasteiger charge is 2.23. The van der Waals surface area contributed by atoms with Gasteiger partial charge in [0.25, 0.3) is 5.91 Å². The predicted molar refractivity (Wildman–Crippen MR) is 78.2 cm³/mol. The van der Waals surface area contributed by atoms with Crippen molar-refractivity contribution < 1.29 is 9.53 Å². The zero-order chi connectivity index (χ0) is 14.5. The van der Waals surface area contributed by atoms with E-state index in [-0.39, 0.29) is 34.8 Å². The molecule has 0 radical (unpaired) electrons. The quantitative estimate of drug-likeness (QED) is 0.906. The molecular formula is C13H19Cl2N3O2. The Hall–Kier alpha value is -0.780. The van der Waals surface area contributed by atoms with Crippen LogP contribution in [-0.2, 0) is 11.5 Å². The molecule has 1 amide bonds. The molecule has 112 valence electrons. The number of amides is 1. The first-order chi connectivity index (χ1) is 9.63. The minimum absolute atomic E-state index is 0.125. The van der Waals surface area contributed by atoms with Gasteiger partial charge in [-0.2, -0.15) is 0 Å². The molecule has 1 fully saturated rings. The Bertz CT molecular complexity index is 470. The molecule has 1 aromatic rings. The van der Waals surface area contributed by atoms with Crippen LogP contribution in [0.25, 0.3) is 0 Å². The number of nitrogens with zero attached hydrogens (tertiary/aromatic N) is 2. The summed E-state index contributed by atoms with van der Waals surface area (Å²) in [6.45, 7) is 2.56. The summed E-state index contributed by atoms with van der Waals surface area (Å²) in [6, 6.07) is 0.214. The zero-order valence-electron chi connectivity index (χ0n) is 11.5. The number of ether oxygens (including phenoxy) is 1. The number of carbonyl (C=O) groups excluding carboxylic acids is 1. The lowest BCUT2D eigenvalue weighted by Crippen LogP contribution is -2.37. The average molecular weight is 320 g/mol. The lowest BCUT2D eigenvalue weighted by molar-refractivity contribution is 0.0777. The Labute approximate surface area is 128 Å². The van der Waals surface area contributed by atoms with Gasteiger partial charge in [0.05, 0.1) is 0 Å². The normalized spacial score (nSPS) is 16.4. The van der Waals surface area contributed by atoms with Gasteiger partial charge in [-0.25, -0.2) is 4.98 Å². The molecule has 1 aromatic heterocycles. The summed E-state index contributed by atoms with van der Waals surface area (Å²) in [4.78, 5) is 16.3. The van der Waals surface area contributed by atoms with Crippen molar-refractivity contribution in [3.63, 3.8) is 0 Å². The standard InChI is InChI=1S/C13H19Cl2N3O2/c1-2-20-8-18-11(15)10(14)17-12(18)13(19)16-9-6-4-3-5-7-9/h9H,2-8H2,1H3,(H,16,19). The van der Waals surface area contributed by atoms with E-state index in [1.54, 1.807) is 0 Å². The molecular weight excluding hydrogens is 301 g/mol. The van der Waals surface area contributed by atoms with E-state index in [9.17, 15) is 4.79 Å². The summed E-state index contributed by atoms with van der Waals surface area (Å²) in [5.41, 5.74) is 0. The first-order valence-electron chi connectivity index (χ1n) is 6.93. The fourth-order valence-corrected chi connectivity index (χ4v) is 2.73. The van der Waals surface area contributed by atoms with Gasteiger partial charge in [0.1, 0.15) is 11.9 Å². The Kier molecular flexibility index (Phi) is 5.69. The van der Waals surface area contributed by atoms with E-state index in [4.69, 9.17) is 27.9 Å².